The maximum atomic E-state index is 12.1. The maximum absolute atomic E-state index is 12.1. The summed E-state index contributed by atoms with van der Waals surface area (Å²) in [4.78, 5) is 12.1. The average molecular weight is 213 g/mol. The monoisotopic (exact) mass is 213 g/mol. The molecule has 0 saturated heterocycles. The summed E-state index contributed by atoms with van der Waals surface area (Å²) < 4.78 is 0. The van der Waals surface area contributed by atoms with Crippen LogP contribution in [0, 0.1) is 0 Å². The predicted molar refractivity (Wildman–Crippen MR) is 66.8 cm³/mol. The number of Topliss-reactive ketones (excluding diaryl/α,β-unsaturated/α-hetero) is 1. The fourth-order valence-electron chi connectivity index (χ4n) is 1.80. The first-order valence-corrected chi connectivity index (χ1v) is 5.43. The lowest BCUT2D eigenvalue weighted by atomic mass is 9.98. The van der Waals surface area contributed by atoms with Gasteiger partial charge in [0.05, 0.1) is 6.04 Å². The third-order valence-corrected chi connectivity index (χ3v) is 2.88. The summed E-state index contributed by atoms with van der Waals surface area (Å²) in [5.41, 5.74) is 0.792. The molecule has 0 aliphatic carbocycles. The number of benzene rings is 2. The number of fused-ring (bicyclic) bond motifs is 1. The molecule has 2 nitrogen and oxygen atoms in total. The van der Waals surface area contributed by atoms with Crippen LogP contribution < -0.4 is 5.32 Å². The van der Waals surface area contributed by atoms with Crippen molar-refractivity contribution in [1.82, 2.24) is 5.32 Å². The number of nitrogens with one attached hydrogen (secondary N) is 1. The highest BCUT2D eigenvalue weighted by molar-refractivity contribution is 6.10. The summed E-state index contributed by atoms with van der Waals surface area (Å²) in [6, 6.07) is 13.7. The van der Waals surface area contributed by atoms with Crippen LogP contribution in [0.15, 0.2) is 42.5 Å². The SMILES string of the molecule is CNC(C)C(=O)c1cccc2ccccc12. The Morgan fingerprint density at radius 3 is 2.56 bits per heavy atom. The lowest BCUT2D eigenvalue weighted by molar-refractivity contribution is 0.0956. The molecule has 2 aromatic rings. The van der Waals surface area contributed by atoms with Gasteiger partial charge in [0.25, 0.3) is 0 Å². The Hall–Kier alpha value is -1.67. The molecule has 0 fully saturated rings. The number of hydrogen-bond acceptors (Lipinski definition) is 2. The van der Waals surface area contributed by atoms with Crippen molar-refractivity contribution in [3.05, 3.63) is 48.0 Å². The highest BCUT2D eigenvalue weighted by atomic mass is 16.1. The molecule has 1 unspecified atom stereocenters. The van der Waals surface area contributed by atoms with E-state index in [-0.39, 0.29) is 11.8 Å². The van der Waals surface area contributed by atoms with Gasteiger partial charge in [-0.3, -0.25) is 4.79 Å². The van der Waals surface area contributed by atoms with Gasteiger partial charge in [-0.2, -0.15) is 0 Å². The highest BCUT2D eigenvalue weighted by Crippen LogP contribution is 2.19. The van der Waals surface area contributed by atoms with E-state index in [0.717, 1.165) is 16.3 Å². The van der Waals surface area contributed by atoms with Crippen molar-refractivity contribution in [2.24, 2.45) is 0 Å². The van der Waals surface area contributed by atoms with E-state index in [1.807, 2.05) is 49.4 Å². The topological polar surface area (TPSA) is 29.1 Å². The van der Waals surface area contributed by atoms with Crippen LogP contribution in [0.3, 0.4) is 0 Å². The minimum absolute atomic E-state index is 0.138. The normalized spacial score (nSPS) is 12.6. The fraction of sp³-hybridized carbons (Fsp3) is 0.214. The van der Waals surface area contributed by atoms with Gasteiger partial charge in [-0.1, -0.05) is 42.5 Å². The van der Waals surface area contributed by atoms with Crippen molar-refractivity contribution in [2.45, 2.75) is 13.0 Å². The molecule has 0 amide bonds. The third-order valence-electron chi connectivity index (χ3n) is 2.88. The Balaban J connectivity index is 2.56. The van der Waals surface area contributed by atoms with Crippen LogP contribution in [0.2, 0.25) is 0 Å². The van der Waals surface area contributed by atoms with Gasteiger partial charge in [0.15, 0.2) is 5.78 Å². The molecule has 2 heteroatoms. The average Bonchev–Trinajstić information content (AvgIpc) is 2.36. The van der Waals surface area contributed by atoms with Gasteiger partial charge in [0, 0.05) is 5.56 Å². The van der Waals surface area contributed by atoms with E-state index in [9.17, 15) is 4.79 Å². The van der Waals surface area contributed by atoms with Crippen molar-refractivity contribution >= 4 is 16.6 Å². The first-order valence-electron chi connectivity index (χ1n) is 5.43. The van der Waals surface area contributed by atoms with Gasteiger partial charge < -0.3 is 5.32 Å². The van der Waals surface area contributed by atoms with Gasteiger partial charge in [0.2, 0.25) is 0 Å². The molecule has 2 rings (SSSR count). The molecule has 0 saturated carbocycles. The first kappa shape index (κ1) is 10.8. The minimum Gasteiger partial charge on any atom is -0.310 e. The molecular weight excluding hydrogens is 198 g/mol. The lowest BCUT2D eigenvalue weighted by Crippen LogP contribution is -2.30. The molecule has 1 N–H and O–H groups in total. The van der Waals surface area contributed by atoms with Gasteiger partial charge in [-0.25, -0.2) is 0 Å². The van der Waals surface area contributed by atoms with Crippen molar-refractivity contribution in [3.63, 3.8) is 0 Å². The third kappa shape index (κ3) is 1.84. The lowest BCUT2D eigenvalue weighted by Gasteiger charge is -2.11. The van der Waals surface area contributed by atoms with E-state index in [1.54, 1.807) is 7.05 Å². The molecule has 0 radical (unpaired) electrons. The van der Waals surface area contributed by atoms with Gasteiger partial charge in [-0.05, 0) is 24.7 Å². The van der Waals surface area contributed by atoms with Gasteiger partial charge in [0.1, 0.15) is 0 Å². The van der Waals surface area contributed by atoms with E-state index >= 15 is 0 Å². The summed E-state index contributed by atoms with van der Waals surface area (Å²) in [6.45, 7) is 1.88. The number of hydrogen-bond donors (Lipinski definition) is 1. The highest BCUT2D eigenvalue weighted by Gasteiger charge is 2.14. The molecule has 0 aliphatic rings. The van der Waals surface area contributed by atoms with E-state index in [0.29, 0.717) is 0 Å². The summed E-state index contributed by atoms with van der Waals surface area (Å²) >= 11 is 0. The molecule has 0 bridgehead atoms. The van der Waals surface area contributed by atoms with Crippen LogP contribution in [-0.4, -0.2) is 18.9 Å². The van der Waals surface area contributed by atoms with Crippen LogP contribution in [0.1, 0.15) is 17.3 Å². The second-order valence-electron chi connectivity index (χ2n) is 3.90. The molecule has 0 aliphatic heterocycles. The number of ketones is 1. The molecule has 0 aromatic heterocycles. The smallest absolute Gasteiger partial charge is 0.180 e. The minimum atomic E-state index is -0.147. The Morgan fingerprint density at radius 1 is 1.12 bits per heavy atom. The molecule has 0 heterocycles. The van der Waals surface area contributed by atoms with Crippen molar-refractivity contribution in [2.75, 3.05) is 7.05 Å². The van der Waals surface area contributed by atoms with Gasteiger partial charge >= 0.3 is 0 Å². The van der Waals surface area contributed by atoms with Crippen molar-refractivity contribution in [1.29, 1.82) is 0 Å². The van der Waals surface area contributed by atoms with Crippen molar-refractivity contribution < 1.29 is 4.79 Å². The number of carbonyl (C=O) groups is 1. The van der Waals surface area contributed by atoms with Crippen LogP contribution in [0.25, 0.3) is 10.8 Å². The van der Waals surface area contributed by atoms with Crippen LogP contribution in [0.4, 0.5) is 0 Å². The second-order valence-corrected chi connectivity index (χ2v) is 3.90. The van der Waals surface area contributed by atoms with Crippen LogP contribution in [0.5, 0.6) is 0 Å². The summed E-state index contributed by atoms with van der Waals surface area (Å²) in [6.07, 6.45) is 0. The Morgan fingerprint density at radius 2 is 1.81 bits per heavy atom. The Labute approximate surface area is 95.3 Å². The van der Waals surface area contributed by atoms with E-state index < -0.39 is 0 Å². The van der Waals surface area contributed by atoms with E-state index in [4.69, 9.17) is 0 Å². The summed E-state index contributed by atoms with van der Waals surface area (Å²) in [7, 11) is 1.80. The first-order chi connectivity index (χ1) is 7.74. The van der Waals surface area contributed by atoms with Crippen molar-refractivity contribution in [3.8, 4) is 0 Å². The zero-order chi connectivity index (χ0) is 11.5. The summed E-state index contributed by atoms with van der Waals surface area (Å²) in [5.74, 6) is 0.138. The van der Waals surface area contributed by atoms with Crippen LogP contribution in [-0.2, 0) is 0 Å². The standard InChI is InChI=1S/C14H15NO/c1-10(15-2)14(16)13-9-5-7-11-6-3-4-8-12(11)13/h3-10,15H,1-2H3. The summed E-state index contributed by atoms with van der Waals surface area (Å²) in [5, 5.41) is 5.11. The van der Waals surface area contributed by atoms with Gasteiger partial charge in [-0.15, -0.1) is 0 Å². The largest absolute Gasteiger partial charge is 0.310 e. The zero-order valence-electron chi connectivity index (χ0n) is 9.53. The maximum Gasteiger partial charge on any atom is 0.180 e. The molecule has 82 valence electrons. The second kappa shape index (κ2) is 4.45. The Bertz CT molecular complexity index is 514. The zero-order valence-corrected chi connectivity index (χ0v) is 9.53. The van der Waals surface area contributed by atoms with Crippen LogP contribution >= 0.6 is 0 Å². The van der Waals surface area contributed by atoms with E-state index in [1.165, 1.54) is 0 Å². The molecule has 0 spiro atoms. The molecule has 2 aromatic carbocycles. The quantitative estimate of drug-likeness (QED) is 0.794. The fourth-order valence-corrected chi connectivity index (χ4v) is 1.80. The molecular formula is C14H15NO. The Kier molecular flexibility index (Phi) is 3.02. The predicted octanol–water partition coefficient (Wildman–Crippen LogP) is 2.63. The molecule has 1 atom stereocenters. The number of rotatable bonds is 3. The van der Waals surface area contributed by atoms with E-state index in [2.05, 4.69) is 5.32 Å². The molecule has 16 heavy (non-hydrogen) atoms. The number of carbonyl (C=O) groups excluding carboxylic acids is 1. The number of likely N-dealkylation sites (N-methyl/N-ethyl adjacent to an activating group) is 1.